The summed E-state index contributed by atoms with van der Waals surface area (Å²) in [4.78, 5) is 9.88. The van der Waals surface area contributed by atoms with Crippen LogP contribution in [-0.4, -0.2) is 74.9 Å². The molecule has 0 radical (unpaired) electrons. The molecule has 1 N–H and O–H groups in total. The van der Waals surface area contributed by atoms with E-state index in [2.05, 4.69) is 46.3 Å². The van der Waals surface area contributed by atoms with E-state index in [1.807, 2.05) is 0 Å². The molecule has 0 bridgehead atoms. The van der Waals surface area contributed by atoms with Gasteiger partial charge in [0.05, 0.1) is 12.6 Å². The zero-order valence-corrected chi connectivity index (χ0v) is 22.4. The Labute approximate surface area is 212 Å². The largest absolute Gasteiger partial charge is 0.385 e. The highest BCUT2D eigenvalue weighted by atomic mass is 127. The fourth-order valence-corrected chi connectivity index (χ4v) is 4.41. The Hall–Kier alpha value is -0.900. The van der Waals surface area contributed by atoms with Gasteiger partial charge in [-0.05, 0) is 63.2 Å². The highest BCUT2D eigenvalue weighted by Crippen LogP contribution is 2.16. The summed E-state index contributed by atoms with van der Waals surface area (Å²) >= 11 is 0. The summed E-state index contributed by atoms with van der Waals surface area (Å²) in [6.45, 7) is 10.9. The summed E-state index contributed by atoms with van der Waals surface area (Å²) in [5, 5.41) is 3.47. The number of benzene rings is 1. The zero-order valence-electron chi connectivity index (χ0n) is 20.1. The first-order chi connectivity index (χ1) is 15.3. The second-order valence-electron chi connectivity index (χ2n) is 8.73. The number of hydrogen-bond donors (Lipinski definition) is 1. The number of nitrogens with zero attached hydrogens (tertiary/aromatic N) is 3. The van der Waals surface area contributed by atoms with Gasteiger partial charge in [0, 0.05) is 46.5 Å². The number of nitrogens with one attached hydrogen (secondary N) is 1. The third-order valence-electron chi connectivity index (χ3n) is 6.21. The van der Waals surface area contributed by atoms with Gasteiger partial charge in [0.25, 0.3) is 0 Å². The number of guanidine groups is 1. The number of rotatable bonds is 10. The van der Waals surface area contributed by atoms with Gasteiger partial charge in [0.15, 0.2) is 5.96 Å². The summed E-state index contributed by atoms with van der Waals surface area (Å²) in [6, 6.07) is 9.04. The number of piperidine rings is 2. The second kappa shape index (κ2) is 15.9. The molecule has 0 amide bonds. The molecule has 1 aromatic carbocycles. The van der Waals surface area contributed by atoms with Gasteiger partial charge in [-0.1, -0.05) is 30.7 Å². The maximum Gasteiger partial charge on any atom is 0.194 e. The van der Waals surface area contributed by atoms with Crippen LogP contribution in [0.15, 0.2) is 29.3 Å². The van der Waals surface area contributed by atoms with Crippen molar-refractivity contribution in [1.82, 2.24) is 15.1 Å². The molecular weight excluding hydrogens is 515 g/mol. The molecule has 0 spiro atoms. The van der Waals surface area contributed by atoms with Crippen molar-refractivity contribution in [2.24, 2.45) is 4.99 Å². The molecule has 1 aromatic rings. The standard InChI is InChI=1S/C25H42N4O2.HI/c1-3-26-25(29-16-12-24(13-17-29)31-19-7-18-30-2)27-20-22-8-10-23(11-9-22)21-28-14-5-4-6-15-28;/h8-11,24H,3-7,12-21H2,1-2H3,(H,26,27);1H. The van der Waals surface area contributed by atoms with Crippen LogP contribution in [0.3, 0.4) is 0 Å². The number of ether oxygens (including phenoxy) is 2. The quantitative estimate of drug-likeness (QED) is 0.201. The van der Waals surface area contributed by atoms with Crippen molar-refractivity contribution in [3.8, 4) is 0 Å². The molecule has 182 valence electrons. The summed E-state index contributed by atoms with van der Waals surface area (Å²) in [5.41, 5.74) is 2.68. The lowest BCUT2D eigenvalue weighted by atomic mass is 10.1. The summed E-state index contributed by atoms with van der Waals surface area (Å²) in [5.74, 6) is 1.03. The molecular formula is C25H43IN4O2. The average molecular weight is 559 g/mol. The summed E-state index contributed by atoms with van der Waals surface area (Å²) in [7, 11) is 1.74. The smallest absolute Gasteiger partial charge is 0.194 e. The Bertz CT molecular complexity index is 642. The molecule has 3 rings (SSSR count). The van der Waals surface area contributed by atoms with E-state index < -0.39 is 0 Å². The van der Waals surface area contributed by atoms with Crippen LogP contribution in [0, 0.1) is 0 Å². The topological polar surface area (TPSA) is 49.3 Å². The maximum atomic E-state index is 6.00. The van der Waals surface area contributed by atoms with Gasteiger partial charge in [-0.25, -0.2) is 4.99 Å². The Balaban J connectivity index is 0.00000363. The fourth-order valence-electron chi connectivity index (χ4n) is 4.41. The van der Waals surface area contributed by atoms with E-state index in [4.69, 9.17) is 14.5 Å². The van der Waals surface area contributed by atoms with Crippen molar-refractivity contribution in [3.05, 3.63) is 35.4 Å². The molecule has 6 nitrogen and oxygen atoms in total. The van der Waals surface area contributed by atoms with Crippen molar-refractivity contribution in [3.63, 3.8) is 0 Å². The van der Waals surface area contributed by atoms with E-state index in [-0.39, 0.29) is 24.0 Å². The van der Waals surface area contributed by atoms with E-state index in [0.717, 1.165) is 71.2 Å². The van der Waals surface area contributed by atoms with Crippen LogP contribution in [0.5, 0.6) is 0 Å². The van der Waals surface area contributed by atoms with E-state index in [1.165, 1.54) is 43.5 Å². The molecule has 0 saturated carbocycles. The maximum absolute atomic E-state index is 6.00. The summed E-state index contributed by atoms with van der Waals surface area (Å²) < 4.78 is 11.1. The van der Waals surface area contributed by atoms with Crippen LogP contribution in [-0.2, 0) is 22.6 Å². The van der Waals surface area contributed by atoms with Crippen molar-refractivity contribution in [2.75, 3.05) is 53.0 Å². The normalized spacial score (nSPS) is 18.4. The highest BCUT2D eigenvalue weighted by molar-refractivity contribution is 14.0. The lowest BCUT2D eigenvalue weighted by Gasteiger charge is -2.34. The predicted octanol–water partition coefficient (Wildman–Crippen LogP) is 4.27. The average Bonchev–Trinajstić information content (AvgIpc) is 2.82. The third kappa shape index (κ3) is 9.53. The third-order valence-corrected chi connectivity index (χ3v) is 6.21. The van der Waals surface area contributed by atoms with E-state index in [0.29, 0.717) is 6.10 Å². The lowest BCUT2D eigenvalue weighted by molar-refractivity contribution is 0.00990. The molecule has 0 atom stereocenters. The Kier molecular flexibility index (Phi) is 13.5. The number of aliphatic imine (C=N–C) groups is 1. The van der Waals surface area contributed by atoms with Gasteiger partial charge in [-0.3, -0.25) is 4.90 Å². The predicted molar refractivity (Wildman–Crippen MR) is 143 cm³/mol. The van der Waals surface area contributed by atoms with Crippen molar-refractivity contribution < 1.29 is 9.47 Å². The van der Waals surface area contributed by atoms with Gasteiger partial charge < -0.3 is 19.7 Å². The fraction of sp³-hybridized carbons (Fsp3) is 0.720. The van der Waals surface area contributed by atoms with Crippen molar-refractivity contribution in [1.29, 1.82) is 0 Å². The van der Waals surface area contributed by atoms with Crippen molar-refractivity contribution in [2.45, 2.75) is 64.6 Å². The number of hydrogen-bond acceptors (Lipinski definition) is 4. The van der Waals surface area contributed by atoms with Crippen LogP contribution >= 0.6 is 24.0 Å². The summed E-state index contributed by atoms with van der Waals surface area (Å²) in [6.07, 6.45) is 7.53. The Morgan fingerprint density at radius 3 is 2.34 bits per heavy atom. The van der Waals surface area contributed by atoms with Gasteiger partial charge in [0.1, 0.15) is 0 Å². The van der Waals surface area contributed by atoms with Crippen LogP contribution < -0.4 is 5.32 Å². The first-order valence-electron chi connectivity index (χ1n) is 12.2. The molecule has 0 aromatic heterocycles. The molecule has 32 heavy (non-hydrogen) atoms. The molecule has 0 unspecified atom stereocenters. The Morgan fingerprint density at radius 1 is 1.00 bits per heavy atom. The second-order valence-corrected chi connectivity index (χ2v) is 8.73. The lowest BCUT2D eigenvalue weighted by Crippen LogP contribution is -2.47. The number of halogens is 1. The molecule has 2 heterocycles. The minimum Gasteiger partial charge on any atom is -0.385 e. The molecule has 0 aliphatic carbocycles. The minimum absolute atomic E-state index is 0. The molecule has 7 heteroatoms. The molecule has 2 fully saturated rings. The van der Waals surface area contributed by atoms with Gasteiger partial charge in [-0.15, -0.1) is 24.0 Å². The number of likely N-dealkylation sites (tertiary alicyclic amines) is 2. The minimum atomic E-state index is 0. The van der Waals surface area contributed by atoms with Crippen LogP contribution in [0.25, 0.3) is 0 Å². The highest BCUT2D eigenvalue weighted by Gasteiger charge is 2.21. The van der Waals surface area contributed by atoms with Crippen LogP contribution in [0.4, 0.5) is 0 Å². The molecule has 2 saturated heterocycles. The molecule has 2 aliphatic rings. The zero-order chi connectivity index (χ0) is 21.7. The first kappa shape index (κ1) is 27.3. The Morgan fingerprint density at radius 2 is 1.69 bits per heavy atom. The SMILES string of the molecule is CCNC(=NCc1ccc(CN2CCCCC2)cc1)N1CCC(OCCCOC)CC1.I. The van der Waals surface area contributed by atoms with Gasteiger partial charge in [-0.2, -0.15) is 0 Å². The van der Waals surface area contributed by atoms with Crippen LogP contribution in [0.2, 0.25) is 0 Å². The molecule has 2 aliphatic heterocycles. The van der Waals surface area contributed by atoms with E-state index in [9.17, 15) is 0 Å². The van der Waals surface area contributed by atoms with Gasteiger partial charge in [0.2, 0.25) is 0 Å². The van der Waals surface area contributed by atoms with Crippen molar-refractivity contribution >= 4 is 29.9 Å². The van der Waals surface area contributed by atoms with Gasteiger partial charge >= 0.3 is 0 Å². The monoisotopic (exact) mass is 558 g/mol. The van der Waals surface area contributed by atoms with E-state index in [1.54, 1.807) is 7.11 Å². The van der Waals surface area contributed by atoms with E-state index >= 15 is 0 Å². The first-order valence-corrected chi connectivity index (χ1v) is 12.2. The number of methoxy groups -OCH3 is 1. The van der Waals surface area contributed by atoms with Crippen LogP contribution in [0.1, 0.15) is 56.6 Å².